The van der Waals surface area contributed by atoms with Crippen LogP contribution in [-0.2, 0) is 54.6 Å². The SMILES string of the molecule is CC[Si](CC)(CC)OC12C=CC(O[Si](CC)(CC)CC)(C=C1)c1c(F)c(F)c(c(F)c1F)C1(O[Si](CC)(CC)CC)C=CC(O[Si](CC)(CC)CC)(C=C1)[C@H]1C=CC(=CC1)[C@H]1C=CC(=CC1)c1c(F)c(F)c(c(F)c1F)-c1ccc(cc1)C1(O[Si](CC)(CC)CC)C=CC(O[Si](CC)(CC)CC)(C=C1)c1ccc(cc1)C1C(F)=C(F)C(=C(F)[C@@]1(C)F)c1ccc(cc1)-c1ccc2cc1. The van der Waals surface area contributed by atoms with Crippen molar-refractivity contribution in [1.29, 1.82) is 0 Å². The Bertz CT molecular complexity index is 5510. The minimum atomic E-state index is -3.13. The molecule has 0 radical (unpaired) electrons. The monoisotopic (exact) mass is 1930 g/mol. The van der Waals surface area contributed by atoms with Crippen LogP contribution in [0.5, 0.6) is 0 Å². The predicted molar refractivity (Wildman–Crippen MR) is 532 cm³/mol. The fourth-order valence-corrected chi connectivity index (χ4v) is 39.2. The summed E-state index contributed by atoms with van der Waals surface area (Å²) in [5.74, 6) is -20.6. The molecule has 31 rings (SSSR count). The number of halogens is 12. The van der Waals surface area contributed by atoms with Gasteiger partial charge in [-0.25, -0.2) is 52.7 Å². The molecule has 25 aliphatic rings. The van der Waals surface area contributed by atoms with Crippen LogP contribution in [0.4, 0.5) is 52.7 Å². The number of rotatable bonds is 30. The lowest BCUT2D eigenvalue weighted by atomic mass is 9.74. The summed E-state index contributed by atoms with van der Waals surface area (Å²) >= 11 is 0. The quantitative estimate of drug-likeness (QED) is 0.0194. The molecule has 0 aromatic heterocycles. The summed E-state index contributed by atoms with van der Waals surface area (Å²) in [5.41, 5.74) is -14.4. The molecular weight excluding hydrogens is 1800 g/mol. The Balaban J connectivity index is 0.976. The Hall–Kier alpha value is -7.58. The van der Waals surface area contributed by atoms with E-state index in [1.54, 1.807) is 72.9 Å². The fourth-order valence-electron chi connectivity index (χ4n) is 21.7. The highest BCUT2D eigenvalue weighted by Gasteiger charge is 2.57. The topological polar surface area (TPSA) is 55.4 Å². The Morgan fingerprint density at radius 3 is 0.940 bits per heavy atom. The van der Waals surface area contributed by atoms with Crippen LogP contribution in [0.1, 0.15) is 195 Å². The van der Waals surface area contributed by atoms with Gasteiger partial charge >= 0.3 is 0 Å². The highest BCUT2D eigenvalue weighted by atomic mass is 28.4. The van der Waals surface area contributed by atoms with Crippen LogP contribution in [0.15, 0.2) is 229 Å². The molecule has 0 fully saturated rings. The number of benzene rings is 6. The van der Waals surface area contributed by atoms with Crippen molar-refractivity contribution >= 4 is 61.1 Å². The molecule has 0 spiro atoms. The van der Waals surface area contributed by atoms with Gasteiger partial charge in [0, 0.05) is 11.8 Å². The van der Waals surface area contributed by atoms with E-state index in [-0.39, 0.29) is 34.6 Å². The highest BCUT2D eigenvalue weighted by molar-refractivity contribution is 6.76. The first kappa shape index (κ1) is 103. The zero-order valence-electron chi connectivity index (χ0n) is 81.0. The molecule has 0 N–H and O–H groups in total. The molecule has 0 amide bonds. The van der Waals surface area contributed by atoms with Crippen molar-refractivity contribution in [1.82, 2.24) is 0 Å². The molecule has 24 bridgehead atoms. The van der Waals surface area contributed by atoms with E-state index in [2.05, 4.69) is 83.1 Å². The van der Waals surface area contributed by atoms with Crippen molar-refractivity contribution in [2.75, 3.05) is 0 Å². The summed E-state index contributed by atoms with van der Waals surface area (Å²) in [6.45, 7) is 37.5. The van der Waals surface area contributed by atoms with Crippen LogP contribution in [0.25, 0.3) is 33.4 Å². The molecule has 1 unspecified atom stereocenters. The standard InChI is InChI=1S/C109H134F12O6Si6/c1-20-128(21-2,22-3)122-104-62-64-105(65-63-104,123-129(23-4,24-5)25-6)85-60-52-81(53-61-85)89-97(115)96(114)88(102(120)103(89,19)121)80-44-40-75(41-45-80)77-48-56-83(57-49-77)107(125-131(29-10,30-11)31-12)68-72-109(73-69-107,127-133(35-16,36-17)37-18)91-100(118)98(116)90(99(117)101(91)119)108(126-132(32-13,33-14)34-15)70-66-106(67-71-108,124-130(26-7,27-8)28-9)82-54-46-76(47-55-82)74-38-42-78(43-39-74)86-92(110)94(112)87(95(113)93(86)111)79-50-58-84(104)59-51-79/h38,40-54,56-74,82,89H,20-37,39,55H2,1-19H3/t74-,82-,89?,103-,104?,105?,106?,107?,108?,109?/m0/s1. The molecule has 133 heavy (non-hydrogen) atoms. The second kappa shape index (κ2) is 40.1. The number of allylic oxidation sites excluding steroid dienone is 11. The van der Waals surface area contributed by atoms with Crippen LogP contribution in [0.3, 0.4) is 0 Å². The van der Waals surface area contributed by atoms with Gasteiger partial charge in [0.25, 0.3) is 0 Å². The van der Waals surface area contributed by atoms with Gasteiger partial charge in [-0.05, 0) is 257 Å². The molecule has 6 nitrogen and oxygen atoms in total. The number of alkyl halides is 1. The first-order valence-corrected chi connectivity index (χ1v) is 64.1. The minimum Gasteiger partial charge on any atom is -0.404 e. The third kappa shape index (κ3) is 18.2. The first-order chi connectivity index (χ1) is 63.4. The number of hydrogen-bond acceptors (Lipinski definition) is 6. The van der Waals surface area contributed by atoms with Crippen molar-refractivity contribution in [3.05, 3.63) is 321 Å². The Kier molecular flexibility index (Phi) is 31.0. The molecular formula is C109H134F12O6Si6. The molecule has 714 valence electrons. The van der Waals surface area contributed by atoms with E-state index >= 15 is 52.7 Å². The zero-order chi connectivity index (χ0) is 96.7. The van der Waals surface area contributed by atoms with E-state index < -0.39 is 193 Å². The minimum absolute atomic E-state index is 0.0562. The van der Waals surface area contributed by atoms with Gasteiger partial charge in [0.15, 0.2) is 108 Å². The summed E-state index contributed by atoms with van der Waals surface area (Å²) in [4.78, 5) is 0. The van der Waals surface area contributed by atoms with E-state index in [9.17, 15) is 0 Å². The van der Waals surface area contributed by atoms with Crippen LogP contribution < -0.4 is 0 Å². The molecule has 0 saturated carbocycles. The molecule has 0 saturated heterocycles. The number of hydrogen-bond donors (Lipinski definition) is 0. The molecule has 6 aromatic carbocycles. The van der Waals surface area contributed by atoms with Crippen molar-refractivity contribution in [2.24, 2.45) is 11.8 Å². The third-order valence-corrected chi connectivity index (χ3v) is 60.1. The van der Waals surface area contributed by atoms with E-state index in [4.69, 9.17) is 26.6 Å². The van der Waals surface area contributed by atoms with Gasteiger partial charge < -0.3 is 26.6 Å². The van der Waals surface area contributed by atoms with Crippen LogP contribution in [0, 0.1) is 58.4 Å². The Morgan fingerprint density at radius 1 is 0.308 bits per heavy atom. The second-order valence-corrected chi connectivity index (χ2v) is 66.0. The molecule has 0 heterocycles. The Morgan fingerprint density at radius 2 is 0.609 bits per heavy atom. The smallest absolute Gasteiger partial charge is 0.194 e. The van der Waals surface area contributed by atoms with E-state index in [1.807, 2.05) is 108 Å². The summed E-state index contributed by atoms with van der Waals surface area (Å²) in [6, 6.07) is 36.9. The summed E-state index contributed by atoms with van der Waals surface area (Å²) in [6.07, 6.45) is 31.9. The maximum absolute atomic E-state index is 18.9. The van der Waals surface area contributed by atoms with Gasteiger partial charge in [-0.2, -0.15) is 0 Å². The molecule has 24 heteroatoms. The van der Waals surface area contributed by atoms with Crippen molar-refractivity contribution in [3.63, 3.8) is 0 Å². The van der Waals surface area contributed by atoms with Crippen LogP contribution in [0.2, 0.25) is 109 Å². The van der Waals surface area contributed by atoms with E-state index in [0.717, 1.165) is 12.5 Å². The second-order valence-electron chi connectivity index (χ2n) is 37.9. The van der Waals surface area contributed by atoms with Crippen LogP contribution in [-0.4, -0.2) is 61.2 Å². The fraction of sp³-hybridized carbons (Fsp3) is 0.450. The highest BCUT2D eigenvalue weighted by Crippen LogP contribution is 2.58. The van der Waals surface area contributed by atoms with Gasteiger partial charge in [-0.1, -0.05) is 258 Å². The average Bonchev–Trinajstić information content (AvgIpc) is 0.713. The predicted octanol–water partition coefficient (Wildman–Crippen LogP) is 33.6. The summed E-state index contributed by atoms with van der Waals surface area (Å²) < 4.78 is 259. The summed E-state index contributed by atoms with van der Waals surface area (Å²) in [7, 11) is -16.9. The Labute approximate surface area is 788 Å². The normalized spacial score (nSPS) is 25.4. The average molecular weight is 1940 g/mol. The molecule has 6 aromatic rings. The largest absolute Gasteiger partial charge is 0.404 e. The zero-order valence-corrected chi connectivity index (χ0v) is 87.0. The lowest BCUT2D eigenvalue weighted by Crippen LogP contribution is -2.52. The maximum atomic E-state index is 18.9. The molecule has 25 aliphatic carbocycles. The van der Waals surface area contributed by atoms with Gasteiger partial charge in [0.2, 0.25) is 0 Å². The lowest BCUT2D eigenvalue weighted by Gasteiger charge is -2.48. The van der Waals surface area contributed by atoms with E-state index in [0.29, 0.717) is 143 Å². The summed E-state index contributed by atoms with van der Waals surface area (Å²) in [5, 5.41) is 0. The third-order valence-electron chi connectivity index (χ3n) is 32.3. The first-order valence-electron chi connectivity index (χ1n) is 48.9. The van der Waals surface area contributed by atoms with Crippen LogP contribution >= 0.6 is 0 Å². The van der Waals surface area contributed by atoms with Gasteiger partial charge in [-0.3, -0.25) is 0 Å². The van der Waals surface area contributed by atoms with Crippen molar-refractivity contribution in [2.45, 2.75) is 298 Å². The van der Waals surface area contributed by atoms with Gasteiger partial charge in [-0.15, -0.1) is 0 Å². The molecule has 0 aliphatic heterocycles. The van der Waals surface area contributed by atoms with Crippen molar-refractivity contribution < 1.29 is 79.2 Å². The molecule has 4 atom stereocenters. The van der Waals surface area contributed by atoms with Gasteiger partial charge in [0.1, 0.15) is 39.7 Å². The lowest BCUT2D eigenvalue weighted by molar-refractivity contribution is 0.0887. The maximum Gasteiger partial charge on any atom is 0.194 e. The van der Waals surface area contributed by atoms with Gasteiger partial charge in [0.05, 0.1) is 39.3 Å². The van der Waals surface area contributed by atoms with E-state index in [1.165, 1.54) is 66.8 Å². The van der Waals surface area contributed by atoms with Crippen molar-refractivity contribution in [3.8, 4) is 22.3 Å².